The highest BCUT2D eigenvalue weighted by Gasteiger charge is 2.14. The summed E-state index contributed by atoms with van der Waals surface area (Å²) in [5.74, 6) is 0. The molecule has 3 rings (SSSR count). The highest BCUT2D eigenvalue weighted by molar-refractivity contribution is 7.92. The molecule has 0 saturated carbocycles. The Hall–Kier alpha value is -1.05. The lowest BCUT2D eigenvalue weighted by atomic mass is 10.4. The van der Waals surface area contributed by atoms with Gasteiger partial charge in [-0.25, -0.2) is 0 Å². The molecular weight excluding hydrogens is 309 g/mol. The summed E-state index contributed by atoms with van der Waals surface area (Å²) in [7, 11) is 2.08. The predicted molar refractivity (Wildman–Crippen MR) is 105 cm³/mol. The van der Waals surface area contributed by atoms with Gasteiger partial charge in [0.1, 0.15) is 0 Å². The SMILES string of the molecule is [3H]PP.c1ccc(P(c2ccccc2)c2ccccc2)cc1. The minimum absolute atomic E-state index is 0.250. The van der Waals surface area contributed by atoms with Crippen LogP contribution in [0.4, 0.5) is 0 Å². The maximum Gasteiger partial charge on any atom is 0.0589 e. The van der Waals surface area contributed by atoms with Crippen LogP contribution < -0.4 is 15.9 Å². The number of hydrogen-bond acceptors (Lipinski definition) is 0. The molecule has 3 aromatic carbocycles. The predicted octanol–water partition coefficient (Wildman–Crippen LogP) is 4.10. The van der Waals surface area contributed by atoms with E-state index in [1.165, 1.54) is 15.9 Å². The van der Waals surface area contributed by atoms with Gasteiger partial charge in [-0.15, -0.1) is 17.8 Å². The van der Waals surface area contributed by atoms with E-state index in [2.05, 4.69) is 99.9 Å². The summed E-state index contributed by atoms with van der Waals surface area (Å²) in [6.07, 6.45) is 0. The third-order valence-electron chi connectivity index (χ3n) is 3.04. The van der Waals surface area contributed by atoms with Gasteiger partial charge in [0.05, 0.1) is 1.28 Å². The molecule has 0 radical (unpaired) electrons. The topological polar surface area (TPSA) is 0 Å². The lowest BCUT2D eigenvalue weighted by Gasteiger charge is -2.18. The van der Waals surface area contributed by atoms with E-state index in [9.17, 15) is 0 Å². The molecule has 0 aliphatic carbocycles. The van der Waals surface area contributed by atoms with E-state index in [4.69, 9.17) is 1.28 Å². The molecule has 3 aromatic rings. The molecule has 0 nitrogen and oxygen atoms in total. The van der Waals surface area contributed by atoms with E-state index in [0.29, 0.717) is 0 Å². The molecule has 0 heterocycles. The molecule has 0 aliphatic heterocycles. The highest BCUT2D eigenvalue weighted by Crippen LogP contribution is 2.32. The van der Waals surface area contributed by atoms with Crippen LogP contribution in [0.2, 0.25) is 0 Å². The molecule has 0 aromatic heterocycles. The molecule has 3 heteroatoms. The van der Waals surface area contributed by atoms with Crippen LogP contribution in [0.15, 0.2) is 91.0 Å². The van der Waals surface area contributed by atoms with Gasteiger partial charge < -0.3 is 0 Å². The zero-order chi connectivity index (χ0) is 15.6. The van der Waals surface area contributed by atoms with Gasteiger partial charge in [-0.1, -0.05) is 91.0 Å². The van der Waals surface area contributed by atoms with Crippen LogP contribution in [0.3, 0.4) is 0 Å². The monoisotopic (exact) mass is 330 g/mol. The van der Waals surface area contributed by atoms with E-state index in [-0.39, 0.29) is 8.87 Å². The third kappa shape index (κ3) is 4.46. The maximum absolute atomic E-state index is 6.20. The third-order valence-corrected chi connectivity index (χ3v) is 5.49. The second-order valence-electron chi connectivity index (χ2n) is 4.34. The molecule has 2 atom stereocenters. The molecule has 2 unspecified atom stereocenters. The van der Waals surface area contributed by atoms with Gasteiger partial charge in [0, 0.05) is 0 Å². The van der Waals surface area contributed by atoms with Crippen LogP contribution in [-0.2, 0) is 0 Å². The van der Waals surface area contributed by atoms with Crippen molar-refractivity contribution in [3.63, 3.8) is 0 Å². The van der Waals surface area contributed by atoms with E-state index in [0.717, 1.165) is 0 Å². The molecule has 0 fully saturated rings. The van der Waals surface area contributed by atoms with Crippen LogP contribution >= 0.6 is 25.7 Å². The van der Waals surface area contributed by atoms with Crippen LogP contribution in [0, 0.1) is 0 Å². The van der Waals surface area contributed by atoms with Crippen LogP contribution in [-0.4, -0.2) is 1.28 Å². The lowest BCUT2D eigenvalue weighted by molar-refractivity contribution is 1.74. The van der Waals surface area contributed by atoms with Crippen molar-refractivity contribution in [1.82, 2.24) is 0 Å². The van der Waals surface area contributed by atoms with Crippen molar-refractivity contribution in [2.75, 3.05) is 0 Å². The molecule has 0 saturated heterocycles. The van der Waals surface area contributed by atoms with Crippen molar-refractivity contribution in [1.29, 1.82) is 1.28 Å². The largest absolute Gasteiger partial charge is 0.118 e. The quantitative estimate of drug-likeness (QED) is 0.635. The Morgan fingerprint density at radius 3 is 1.05 bits per heavy atom. The van der Waals surface area contributed by atoms with Crippen molar-refractivity contribution in [2.24, 2.45) is 0 Å². The van der Waals surface area contributed by atoms with E-state index < -0.39 is 7.92 Å². The van der Waals surface area contributed by atoms with Crippen molar-refractivity contribution < 1.29 is 0 Å². The van der Waals surface area contributed by atoms with Gasteiger partial charge in [0.2, 0.25) is 0 Å². The van der Waals surface area contributed by atoms with Crippen LogP contribution in [0.1, 0.15) is 0 Å². The average molecular weight is 330 g/mol. The highest BCUT2D eigenvalue weighted by atomic mass is 32.0. The first-order valence-corrected chi connectivity index (χ1v) is 10.3. The number of benzene rings is 3. The summed E-state index contributed by atoms with van der Waals surface area (Å²) in [6.45, 7) is 0. The zero-order valence-corrected chi connectivity index (χ0v) is 14.7. The fraction of sp³-hybridized carbons (Fsp3) is 0. The molecule has 0 amide bonds. The fourth-order valence-corrected chi connectivity index (χ4v) is 4.48. The Kier molecular flexibility index (Phi) is 6.42. The Labute approximate surface area is 134 Å². The van der Waals surface area contributed by atoms with Crippen LogP contribution in [0.5, 0.6) is 0 Å². The summed E-state index contributed by atoms with van der Waals surface area (Å²) in [5.41, 5.74) is 0. The van der Waals surface area contributed by atoms with Crippen molar-refractivity contribution in [3.8, 4) is 0 Å². The normalized spacial score (nSPS) is 11.0. The summed E-state index contributed by atoms with van der Waals surface area (Å²) in [5, 5.41) is 4.19. The molecule has 0 spiro atoms. The summed E-state index contributed by atoms with van der Waals surface area (Å²) in [4.78, 5) is 0. The lowest BCUT2D eigenvalue weighted by Crippen LogP contribution is -2.20. The summed E-state index contributed by atoms with van der Waals surface area (Å²) >= 11 is 0. The smallest absolute Gasteiger partial charge is 0.0589 e. The summed E-state index contributed by atoms with van der Waals surface area (Å²) < 4.78 is 6.20. The summed E-state index contributed by atoms with van der Waals surface area (Å²) in [6, 6.07) is 32.3. The molecule has 106 valence electrons. The minimum atomic E-state index is -0.446. The number of hydrogen-bond donors (Lipinski definition) is 0. The van der Waals surface area contributed by atoms with Gasteiger partial charge >= 0.3 is 0 Å². The molecule has 0 N–H and O–H groups in total. The Bertz CT molecular complexity index is 551. The van der Waals surface area contributed by atoms with Gasteiger partial charge in [-0.05, 0) is 23.8 Å². The van der Waals surface area contributed by atoms with E-state index in [1.807, 2.05) is 0 Å². The van der Waals surface area contributed by atoms with E-state index in [1.54, 1.807) is 0 Å². The van der Waals surface area contributed by atoms with Crippen LogP contribution in [0.25, 0.3) is 0 Å². The second kappa shape index (κ2) is 9.07. The molecule has 0 bridgehead atoms. The van der Waals surface area contributed by atoms with Crippen molar-refractivity contribution in [3.05, 3.63) is 91.0 Å². The standard InChI is InChI=1S/C18H15P.H4P2/c1-4-10-16(11-5-1)19(17-12-6-2-7-13-17)18-14-8-3-9-15-18;1-2/h1-15H;1-2H2/i;1T. The van der Waals surface area contributed by atoms with Crippen molar-refractivity contribution in [2.45, 2.75) is 0 Å². The first-order valence-electron chi connectivity index (χ1n) is 7.19. The first-order chi connectivity index (χ1) is 10.9. The van der Waals surface area contributed by atoms with Gasteiger partial charge in [0.15, 0.2) is 0 Å². The minimum Gasteiger partial charge on any atom is -0.118 e. The van der Waals surface area contributed by atoms with E-state index >= 15 is 0 Å². The molecular formula is C18H19P3. The Balaban J connectivity index is 0.000000545. The molecule has 0 aliphatic rings. The van der Waals surface area contributed by atoms with Crippen molar-refractivity contribution >= 4 is 41.6 Å². The number of rotatable bonds is 3. The van der Waals surface area contributed by atoms with Gasteiger partial charge in [-0.2, -0.15) is 0 Å². The zero-order valence-electron chi connectivity index (χ0n) is 12.7. The first kappa shape index (κ1) is 14.9. The van der Waals surface area contributed by atoms with Gasteiger partial charge in [-0.3, -0.25) is 0 Å². The Morgan fingerprint density at radius 1 is 0.571 bits per heavy atom. The Morgan fingerprint density at radius 2 is 0.810 bits per heavy atom. The van der Waals surface area contributed by atoms with Gasteiger partial charge in [0.25, 0.3) is 0 Å². The second-order valence-corrected chi connectivity index (χ2v) is 6.56. The maximum atomic E-state index is 6.20. The fourth-order valence-electron chi connectivity index (χ4n) is 2.18. The average Bonchev–Trinajstić information content (AvgIpc) is 2.59. The molecule has 21 heavy (non-hydrogen) atoms.